The van der Waals surface area contributed by atoms with Crippen molar-refractivity contribution in [3.05, 3.63) is 85.1 Å². The minimum absolute atomic E-state index is 0.0414. The second kappa shape index (κ2) is 60.2. The SMILES string of the molecule is CC/C=C\C/C=C\C/C=C\C/C=C\CCCCCCCCC(=O)OC1C(OCC(COC(=O)CCCCCCCC/C=C\C/C=C\C/C=C\CCCCC)OC(=O)CCCCCCCCCCCCCCCCCCC)OC(C(=O)O)C(O)C1O. The van der Waals surface area contributed by atoms with Gasteiger partial charge in [-0.3, -0.25) is 14.4 Å². The molecule has 1 rings (SSSR count). The Kier molecular flexibility index (Phi) is 55.9. The predicted molar refractivity (Wildman–Crippen MR) is 349 cm³/mol. The van der Waals surface area contributed by atoms with E-state index in [1.165, 1.54) is 109 Å². The van der Waals surface area contributed by atoms with Crippen molar-refractivity contribution in [3.8, 4) is 0 Å². The molecule has 0 aliphatic carbocycles. The standard InChI is InChI=1S/C73H124O12/c1-4-7-10-13-16-19-22-25-28-31-33-36-38-41-44-47-50-53-56-59-65(74)81-62-64(83-66(75)60-57-54-51-48-45-42-39-35-30-27-24-21-18-15-12-9-6-3)63-82-73-71(69(78)68(77)70(85-73)72(79)80)84-67(76)61-58-55-52-49-46-43-40-37-34-32-29-26-23-20-17-14-11-8-5-2/h8,11,16-17,19-20,25-26,28-29,33-34,36-37,64,68-71,73,77-78H,4-7,9-10,12-15,18,21-24,27,30-32,35,38-63H2,1-3H3,(H,79,80)/b11-8-,19-16-,20-17-,28-25-,29-26-,36-33-,37-34-. The van der Waals surface area contributed by atoms with E-state index in [1.807, 2.05) is 0 Å². The van der Waals surface area contributed by atoms with Crippen molar-refractivity contribution in [2.45, 2.75) is 340 Å². The van der Waals surface area contributed by atoms with Gasteiger partial charge in [0, 0.05) is 19.3 Å². The van der Waals surface area contributed by atoms with Crippen LogP contribution in [0, 0.1) is 0 Å². The number of allylic oxidation sites excluding steroid dienone is 14. The monoisotopic (exact) mass is 1190 g/mol. The molecule has 488 valence electrons. The molecule has 6 atom stereocenters. The molecular weight excluding hydrogens is 1070 g/mol. The molecule has 1 aliphatic rings. The first-order valence-electron chi connectivity index (χ1n) is 34.6. The number of esters is 3. The second-order valence-corrected chi connectivity index (χ2v) is 23.4. The number of carboxylic acid groups (broad SMARTS) is 1. The van der Waals surface area contributed by atoms with E-state index in [-0.39, 0.29) is 25.9 Å². The number of rotatable bonds is 59. The van der Waals surface area contributed by atoms with Crippen LogP contribution in [0.2, 0.25) is 0 Å². The molecule has 1 heterocycles. The smallest absolute Gasteiger partial charge is 0.335 e. The van der Waals surface area contributed by atoms with Gasteiger partial charge in [-0.15, -0.1) is 0 Å². The summed E-state index contributed by atoms with van der Waals surface area (Å²) in [6, 6.07) is 0. The Morgan fingerprint density at radius 1 is 0.400 bits per heavy atom. The molecule has 1 fully saturated rings. The molecular formula is C73H124O12. The number of aliphatic carboxylic acids is 1. The zero-order valence-corrected chi connectivity index (χ0v) is 54.1. The molecule has 12 heteroatoms. The van der Waals surface area contributed by atoms with Crippen molar-refractivity contribution < 1.29 is 58.2 Å². The summed E-state index contributed by atoms with van der Waals surface area (Å²) in [5.74, 6) is -3.14. The van der Waals surface area contributed by atoms with E-state index in [9.17, 15) is 34.5 Å². The number of carboxylic acids is 1. The summed E-state index contributed by atoms with van der Waals surface area (Å²) in [4.78, 5) is 51.5. The van der Waals surface area contributed by atoms with Crippen molar-refractivity contribution in [2.75, 3.05) is 13.2 Å². The number of ether oxygens (including phenoxy) is 5. The molecule has 3 N–H and O–H groups in total. The van der Waals surface area contributed by atoms with Crippen LogP contribution in [0.3, 0.4) is 0 Å². The summed E-state index contributed by atoms with van der Waals surface area (Å²) in [6.07, 6.45) is 66.7. The number of unbranched alkanes of at least 4 members (excludes halogenated alkanes) is 31. The maximum Gasteiger partial charge on any atom is 0.335 e. The van der Waals surface area contributed by atoms with Crippen molar-refractivity contribution in [2.24, 2.45) is 0 Å². The third kappa shape index (κ3) is 49.6. The van der Waals surface area contributed by atoms with Crippen LogP contribution in [0.15, 0.2) is 85.1 Å². The summed E-state index contributed by atoms with van der Waals surface area (Å²) in [5, 5.41) is 31.7. The van der Waals surface area contributed by atoms with Crippen molar-refractivity contribution in [1.82, 2.24) is 0 Å². The lowest BCUT2D eigenvalue weighted by Crippen LogP contribution is -2.61. The van der Waals surface area contributed by atoms with Crippen molar-refractivity contribution in [1.29, 1.82) is 0 Å². The van der Waals surface area contributed by atoms with Crippen LogP contribution in [0.25, 0.3) is 0 Å². The summed E-state index contributed by atoms with van der Waals surface area (Å²) >= 11 is 0. The molecule has 6 unspecified atom stereocenters. The molecule has 0 aromatic rings. The lowest BCUT2D eigenvalue weighted by Gasteiger charge is -2.40. The number of hydrogen-bond donors (Lipinski definition) is 3. The normalized spacial score (nSPS) is 18.0. The first-order valence-corrected chi connectivity index (χ1v) is 34.6. The lowest BCUT2D eigenvalue weighted by atomic mass is 9.98. The molecule has 0 bridgehead atoms. The van der Waals surface area contributed by atoms with E-state index >= 15 is 0 Å². The van der Waals surface area contributed by atoms with E-state index in [4.69, 9.17) is 23.7 Å². The summed E-state index contributed by atoms with van der Waals surface area (Å²) in [7, 11) is 0. The van der Waals surface area contributed by atoms with E-state index in [2.05, 4.69) is 106 Å². The van der Waals surface area contributed by atoms with E-state index in [0.717, 1.165) is 135 Å². The topological polar surface area (TPSA) is 175 Å². The predicted octanol–water partition coefficient (Wildman–Crippen LogP) is 19.0. The minimum atomic E-state index is -1.91. The van der Waals surface area contributed by atoms with Crippen molar-refractivity contribution in [3.63, 3.8) is 0 Å². The number of carbonyl (C=O) groups excluding carboxylic acids is 3. The van der Waals surface area contributed by atoms with Crippen LogP contribution in [-0.2, 0) is 42.9 Å². The fraction of sp³-hybridized carbons (Fsp3) is 0.753. The first-order chi connectivity index (χ1) is 41.6. The molecule has 0 aromatic heterocycles. The molecule has 0 radical (unpaired) electrons. The Bertz CT molecular complexity index is 1800. The van der Waals surface area contributed by atoms with Gasteiger partial charge in [-0.2, -0.15) is 0 Å². The zero-order chi connectivity index (χ0) is 61.7. The van der Waals surface area contributed by atoms with Gasteiger partial charge in [0.2, 0.25) is 0 Å². The van der Waals surface area contributed by atoms with Gasteiger partial charge < -0.3 is 39.0 Å². The minimum Gasteiger partial charge on any atom is -0.479 e. The van der Waals surface area contributed by atoms with Crippen LogP contribution in [0.5, 0.6) is 0 Å². The van der Waals surface area contributed by atoms with Crippen LogP contribution < -0.4 is 0 Å². The van der Waals surface area contributed by atoms with Gasteiger partial charge in [-0.25, -0.2) is 4.79 Å². The Morgan fingerprint density at radius 2 is 0.741 bits per heavy atom. The highest BCUT2D eigenvalue weighted by molar-refractivity contribution is 5.74. The van der Waals surface area contributed by atoms with Gasteiger partial charge in [-0.05, 0) is 96.3 Å². The molecule has 85 heavy (non-hydrogen) atoms. The maximum atomic E-state index is 13.2. The van der Waals surface area contributed by atoms with Gasteiger partial charge in [0.25, 0.3) is 0 Å². The van der Waals surface area contributed by atoms with Gasteiger partial charge in [0.15, 0.2) is 24.6 Å². The van der Waals surface area contributed by atoms with Crippen molar-refractivity contribution >= 4 is 23.9 Å². The second-order valence-electron chi connectivity index (χ2n) is 23.4. The highest BCUT2D eigenvalue weighted by Crippen LogP contribution is 2.27. The molecule has 0 amide bonds. The summed E-state index contributed by atoms with van der Waals surface area (Å²) < 4.78 is 28.6. The Balaban J connectivity index is 2.65. The summed E-state index contributed by atoms with van der Waals surface area (Å²) in [6.45, 7) is 5.89. The Morgan fingerprint density at radius 3 is 1.15 bits per heavy atom. The van der Waals surface area contributed by atoms with Gasteiger partial charge in [0.05, 0.1) is 6.61 Å². The number of aliphatic hydroxyl groups excluding tert-OH is 2. The molecule has 1 aliphatic heterocycles. The molecule has 0 aromatic carbocycles. The fourth-order valence-corrected chi connectivity index (χ4v) is 10.2. The van der Waals surface area contributed by atoms with Crippen LogP contribution in [0.1, 0.15) is 303 Å². The van der Waals surface area contributed by atoms with Crippen LogP contribution in [-0.4, -0.2) is 89.2 Å². The molecule has 1 saturated heterocycles. The number of carbonyl (C=O) groups is 4. The van der Waals surface area contributed by atoms with Crippen LogP contribution in [0.4, 0.5) is 0 Å². The van der Waals surface area contributed by atoms with Gasteiger partial charge in [0.1, 0.15) is 18.8 Å². The molecule has 0 spiro atoms. The third-order valence-electron chi connectivity index (χ3n) is 15.5. The van der Waals surface area contributed by atoms with E-state index < -0.39 is 67.3 Å². The highest BCUT2D eigenvalue weighted by Gasteiger charge is 2.50. The Hall–Kier alpha value is -4.10. The average Bonchev–Trinajstić information content (AvgIpc) is 2.79. The maximum absolute atomic E-state index is 13.2. The van der Waals surface area contributed by atoms with Gasteiger partial charge >= 0.3 is 23.9 Å². The summed E-state index contributed by atoms with van der Waals surface area (Å²) in [5.41, 5.74) is 0. The largest absolute Gasteiger partial charge is 0.479 e. The van der Waals surface area contributed by atoms with Gasteiger partial charge in [-0.1, -0.05) is 273 Å². The number of hydrogen-bond acceptors (Lipinski definition) is 11. The number of aliphatic hydroxyl groups is 2. The first kappa shape index (κ1) is 78.9. The average molecular weight is 1190 g/mol. The van der Waals surface area contributed by atoms with E-state index in [1.54, 1.807) is 0 Å². The fourth-order valence-electron chi connectivity index (χ4n) is 10.2. The third-order valence-corrected chi connectivity index (χ3v) is 15.5. The molecule has 0 saturated carbocycles. The molecule has 12 nitrogen and oxygen atoms in total. The lowest BCUT2D eigenvalue weighted by molar-refractivity contribution is -0.301. The van der Waals surface area contributed by atoms with E-state index in [0.29, 0.717) is 19.3 Å². The Labute approximate surface area is 518 Å². The highest BCUT2D eigenvalue weighted by atomic mass is 16.7. The zero-order valence-electron chi connectivity index (χ0n) is 54.1. The van der Waals surface area contributed by atoms with Crippen LogP contribution >= 0.6 is 0 Å². The quantitative estimate of drug-likeness (QED) is 0.0228.